The minimum atomic E-state index is -0.702. The van der Waals surface area contributed by atoms with Gasteiger partial charge >= 0.3 is 5.97 Å². The number of esters is 1. The Morgan fingerprint density at radius 1 is 1.20 bits per heavy atom. The number of rotatable bonds is 8. The summed E-state index contributed by atoms with van der Waals surface area (Å²) in [5, 5.41) is 0.466. The van der Waals surface area contributed by atoms with E-state index in [-0.39, 0.29) is 42.1 Å². The molecule has 5 nitrogen and oxygen atoms in total. The van der Waals surface area contributed by atoms with Gasteiger partial charge in [-0.15, -0.1) is 23.1 Å². The molecule has 2 aromatic carbocycles. The Bertz CT molecular complexity index is 1070. The highest BCUT2D eigenvalue weighted by molar-refractivity contribution is 7.98. The first kappa shape index (κ1) is 22.2. The van der Waals surface area contributed by atoms with E-state index in [1.165, 1.54) is 22.7 Å². The quantitative estimate of drug-likeness (QED) is 0.350. The van der Waals surface area contributed by atoms with Crippen LogP contribution in [0.1, 0.15) is 24.8 Å². The summed E-state index contributed by atoms with van der Waals surface area (Å²) in [6, 6.07) is 9.38. The van der Waals surface area contributed by atoms with Gasteiger partial charge in [-0.2, -0.15) is 0 Å². The lowest BCUT2D eigenvalue weighted by atomic mass is 10.2. The second kappa shape index (κ2) is 9.99. The maximum Gasteiger partial charge on any atom is 0.306 e. The summed E-state index contributed by atoms with van der Waals surface area (Å²) in [5.74, 6) is -2.11. The number of anilines is 1. The number of amides is 1. The van der Waals surface area contributed by atoms with Gasteiger partial charge in [-0.05, 0) is 31.4 Å². The van der Waals surface area contributed by atoms with E-state index in [2.05, 4.69) is 4.98 Å². The minimum Gasteiger partial charge on any atom is -0.466 e. The Balaban J connectivity index is 1.89. The number of halogens is 2. The number of ether oxygens (including phenoxy) is 1. The van der Waals surface area contributed by atoms with Crippen molar-refractivity contribution in [1.82, 2.24) is 4.98 Å². The van der Waals surface area contributed by atoms with Crippen LogP contribution >= 0.6 is 23.1 Å². The highest BCUT2D eigenvalue weighted by Crippen LogP contribution is 2.29. The lowest BCUT2D eigenvalue weighted by Gasteiger charge is -2.22. The predicted molar refractivity (Wildman–Crippen MR) is 115 cm³/mol. The Hall–Kier alpha value is -2.52. The minimum absolute atomic E-state index is 0.0315. The van der Waals surface area contributed by atoms with Gasteiger partial charge in [0, 0.05) is 29.1 Å². The van der Waals surface area contributed by atoms with Gasteiger partial charge in [-0.25, -0.2) is 13.8 Å². The van der Waals surface area contributed by atoms with Crippen LogP contribution in [-0.4, -0.2) is 29.7 Å². The number of aromatic nitrogens is 1. The van der Waals surface area contributed by atoms with Crippen LogP contribution in [0.15, 0.2) is 41.3 Å². The average Bonchev–Trinajstić information content (AvgIpc) is 3.13. The molecule has 0 fully saturated rings. The smallest absolute Gasteiger partial charge is 0.306 e. The van der Waals surface area contributed by atoms with E-state index < -0.39 is 17.6 Å². The van der Waals surface area contributed by atoms with Crippen molar-refractivity contribution >= 4 is 50.9 Å². The van der Waals surface area contributed by atoms with Crippen LogP contribution in [0.2, 0.25) is 0 Å². The van der Waals surface area contributed by atoms with E-state index in [0.717, 1.165) is 22.3 Å². The number of hydrogen-bond donors (Lipinski definition) is 0. The molecule has 0 saturated heterocycles. The van der Waals surface area contributed by atoms with Crippen molar-refractivity contribution in [3.8, 4) is 0 Å². The lowest BCUT2D eigenvalue weighted by molar-refractivity contribution is -0.144. The normalized spacial score (nSPS) is 10.9. The van der Waals surface area contributed by atoms with Crippen LogP contribution in [0.25, 0.3) is 10.2 Å². The zero-order valence-electron chi connectivity index (χ0n) is 16.5. The number of thioether (sulfide) groups is 1. The molecule has 3 aromatic rings. The molecule has 0 saturated carbocycles. The maximum absolute atomic E-state index is 14.1. The second-order valence-electron chi connectivity index (χ2n) is 6.33. The second-order valence-corrected chi connectivity index (χ2v) is 8.29. The van der Waals surface area contributed by atoms with Crippen LogP contribution in [0.5, 0.6) is 0 Å². The number of carbonyl (C=O) groups excluding carboxylic acids is 2. The molecule has 158 valence electrons. The van der Waals surface area contributed by atoms with Gasteiger partial charge in [0.05, 0.1) is 29.8 Å². The number of nitrogens with zero attached hydrogens (tertiary/aromatic N) is 2. The lowest BCUT2D eigenvalue weighted by Crippen LogP contribution is -2.30. The molecule has 0 aliphatic heterocycles. The van der Waals surface area contributed by atoms with Crippen LogP contribution in [0.4, 0.5) is 14.5 Å². The van der Waals surface area contributed by atoms with E-state index in [0.29, 0.717) is 10.7 Å². The third-order valence-electron chi connectivity index (χ3n) is 4.26. The Morgan fingerprint density at radius 2 is 2.00 bits per heavy atom. The maximum atomic E-state index is 14.1. The van der Waals surface area contributed by atoms with Crippen molar-refractivity contribution < 1.29 is 23.1 Å². The summed E-state index contributed by atoms with van der Waals surface area (Å²) in [6.45, 7) is 2.04. The summed E-state index contributed by atoms with van der Waals surface area (Å²) < 4.78 is 32.7. The zero-order chi connectivity index (χ0) is 21.7. The summed E-state index contributed by atoms with van der Waals surface area (Å²) in [5.41, 5.74) is 0.853. The van der Waals surface area contributed by atoms with Gasteiger partial charge in [-0.1, -0.05) is 6.07 Å². The summed E-state index contributed by atoms with van der Waals surface area (Å²) in [7, 11) is 0. The topological polar surface area (TPSA) is 59.5 Å². The first-order valence-electron chi connectivity index (χ1n) is 9.25. The van der Waals surface area contributed by atoms with Gasteiger partial charge in [-0.3, -0.25) is 9.59 Å². The molecule has 0 aliphatic rings. The van der Waals surface area contributed by atoms with E-state index >= 15 is 0 Å². The zero-order valence-corrected chi connectivity index (χ0v) is 18.1. The van der Waals surface area contributed by atoms with E-state index in [9.17, 15) is 18.4 Å². The number of benzene rings is 2. The Kier molecular flexibility index (Phi) is 7.38. The number of hydrogen-bond acceptors (Lipinski definition) is 6. The highest BCUT2D eigenvalue weighted by atomic mass is 32.2. The van der Waals surface area contributed by atoms with Crippen molar-refractivity contribution in [2.45, 2.75) is 31.2 Å². The fourth-order valence-corrected chi connectivity index (χ4v) is 4.28. The molecule has 1 heterocycles. The van der Waals surface area contributed by atoms with E-state index in [4.69, 9.17) is 4.74 Å². The molecule has 9 heteroatoms. The molecular weight excluding hydrogens is 430 g/mol. The standard InChI is InChI=1S/C21H20F2N2O3S2/c1-3-28-20(27)8-7-19(26)25(14-5-4-6-15(11-14)29-2)12-18-24-17-10-13(22)9-16(23)21(17)30-18/h4-6,9-11H,3,7-8,12H2,1-2H3. The fraction of sp³-hybridized carbons (Fsp3) is 0.286. The molecule has 3 rings (SSSR count). The molecule has 30 heavy (non-hydrogen) atoms. The third-order valence-corrected chi connectivity index (χ3v) is 6.05. The molecule has 0 N–H and O–H groups in total. The Morgan fingerprint density at radius 3 is 2.73 bits per heavy atom. The van der Waals surface area contributed by atoms with Gasteiger partial charge < -0.3 is 9.64 Å². The molecule has 1 aromatic heterocycles. The Labute approximate surface area is 181 Å². The van der Waals surface area contributed by atoms with Gasteiger partial charge in [0.25, 0.3) is 0 Å². The van der Waals surface area contributed by atoms with Crippen molar-refractivity contribution in [2.24, 2.45) is 0 Å². The molecular formula is C21H20F2N2O3S2. The van der Waals surface area contributed by atoms with E-state index in [1.807, 2.05) is 24.5 Å². The summed E-state index contributed by atoms with van der Waals surface area (Å²) in [4.78, 5) is 31.4. The summed E-state index contributed by atoms with van der Waals surface area (Å²) in [6.07, 6.45) is 1.86. The first-order valence-corrected chi connectivity index (χ1v) is 11.3. The van der Waals surface area contributed by atoms with Gasteiger partial charge in [0.2, 0.25) is 5.91 Å². The highest BCUT2D eigenvalue weighted by Gasteiger charge is 2.21. The number of carbonyl (C=O) groups is 2. The number of fused-ring (bicyclic) bond motifs is 1. The van der Waals surface area contributed by atoms with Crippen molar-refractivity contribution in [2.75, 3.05) is 17.8 Å². The van der Waals surface area contributed by atoms with Crippen molar-refractivity contribution in [1.29, 1.82) is 0 Å². The SMILES string of the molecule is CCOC(=O)CCC(=O)N(Cc1nc2cc(F)cc(F)c2s1)c1cccc(SC)c1. The largest absolute Gasteiger partial charge is 0.466 e. The van der Waals surface area contributed by atoms with Crippen LogP contribution in [0, 0.1) is 11.6 Å². The molecule has 0 bridgehead atoms. The predicted octanol–water partition coefficient (Wildman–Crippen LogP) is 5.17. The molecule has 0 radical (unpaired) electrons. The molecule has 0 unspecified atom stereocenters. The van der Waals surface area contributed by atoms with Crippen LogP contribution in [0.3, 0.4) is 0 Å². The van der Waals surface area contributed by atoms with Crippen molar-refractivity contribution in [3.63, 3.8) is 0 Å². The van der Waals surface area contributed by atoms with Crippen molar-refractivity contribution in [3.05, 3.63) is 53.0 Å². The fourth-order valence-electron chi connectivity index (χ4n) is 2.89. The third kappa shape index (κ3) is 5.34. The van der Waals surface area contributed by atoms with E-state index in [1.54, 1.807) is 13.0 Å². The first-order chi connectivity index (χ1) is 14.4. The number of thiazole rings is 1. The molecule has 0 aliphatic carbocycles. The van der Waals surface area contributed by atoms with Gasteiger partial charge in [0.1, 0.15) is 16.6 Å². The molecule has 0 spiro atoms. The summed E-state index contributed by atoms with van der Waals surface area (Å²) >= 11 is 2.61. The van der Waals surface area contributed by atoms with Crippen LogP contribution < -0.4 is 4.90 Å². The average molecular weight is 451 g/mol. The van der Waals surface area contributed by atoms with Gasteiger partial charge in [0.15, 0.2) is 0 Å². The van der Waals surface area contributed by atoms with Crippen LogP contribution in [-0.2, 0) is 20.9 Å². The molecule has 0 atom stereocenters. The molecule has 1 amide bonds. The monoisotopic (exact) mass is 450 g/mol.